The number of aromatic nitrogens is 2. The Labute approximate surface area is 104 Å². The maximum Gasteiger partial charge on any atom is 0.132 e. The van der Waals surface area contributed by atoms with E-state index in [1.54, 1.807) is 7.05 Å². The first kappa shape index (κ1) is 12.4. The molecule has 2 rings (SSSR count). The lowest BCUT2D eigenvalue weighted by Gasteiger charge is -2.11. The van der Waals surface area contributed by atoms with Gasteiger partial charge >= 0.3 is 0 Å². The molecule has 0 saturated heterocycles. The maximum atomic E-state index is 13.2. The van der Waals surface area contributed by atoms with Crippen LogP contribution in [0.1, 0.15) is 12.5 Å². The number of nitrogens with one attached hydrogen (secondary N) is 1. The third-order valence-electron chi connectivity index (χ3n) is 2.67. The van der Waals surface area contributed by atoms with Gasteiger partial charge in [-0.05, 0) is 18.6 Å². The fraction of sp³-hybridized carbons (Fsp3) is 0.231. The lowest BCUT2D eigenvalue weighted by molar-refractivity contribution is 0.584. The van der Waals surface area contributed by atoms with Gasteiger partial charge in [-0.1, -0.05) is 6.92 Å². The quantitative estimate of drug-likeness (QED) is 0.908. The highest BCUT2D eigenvalue weighted by atomic mass is 19.1. The molecule has 0 bridgehead atoms. The highest BCUT2D eigenvalue weighted by Gasteiger charge is 2.12. The second-order valence-electron chi connectivity index (χ2n) is 3.81. The van der Waals surface area contributed by atoms with E-state index in [1.807, 2.05) is 6.92 Å². The summed E-state index contributed by atoms with van der Waals surface area (Å²) in [4.78, 5) is 8.22. The normalized spacial score (nSPS) is 10.4. The Morgan fingerprint density at radius 2 is 1.78 bits per heavy atom. The molecule has 0 saturated carbocycles. The summed E-state index contributed by atoms with van der Waals surface area (Å²) in [7, 11) is 1.75. The molecule has 0 aliphatic carbocycles. The summed E-state index contributed by atoms with van der Waals surface area (Å²) < 4.78 is 26.5. The zero-order valence-electron chi connectivity index (χ0n) is 10.2. The molecule has 2 aromatic rings. The van der Waals surface area contributed by atoms with Gasteiger partial charge in [0.2, 0.25) is 0 Å². The lowest BCUT2D eigenvalue weighted by atomic mass is 10.0. The maximum absolute atomic E-state index is 13.2. The Kier molecular flexibility index (Phi) is 3.50. The van der Waals surface area contributed by atoms with Crippen LogP contribution in [-0.4, -0.2) is 17.0 Å². The van der Waals surface area contributed by atoms with Crippen molar-refractivity contribution in [3.05, 3.63) is 41.7 Å². The average molecular weight is 249 g/mol. The Balaban J connectivity index is 2.63. The molecule has 5 heteroatoms. The van der Waals surface area contributed by atoms with Crippen LogP contribution < -0.4 is 5.32 Å². The van der Waals surface area contributed by atoms with Crippen molar-refractivity contribution < 1.29 is 8.78 Å². The smallest absolute Gasteiger partial charge is 0.132 e. The summed E-state index contributed by atoms with van der Waals surface area (Å²) in [6.07, 6.45) is 2.05. The number of anilines is 1. The largest absolute Gasteiger partial charge is 0.373 e. The molecule has 0 radical (unpaired) electrons. The predicted molar refractivity (Wildman–Crippen MR) is 66.3 cm³/mol. The van der Waals surface area contributed by atoms with Crippen LogP contribution >= 0.6 is 0 Å². The van der Waals surface area contributed by atoms with E-state index in [0.29, 0.717) is 23.5 Å². The van der Waals surface area contributed by atoms with E-state index in [2.05, 4.69) is 15.3 Å². The monoisotopic (exact) mass is 249 g/mol. The van der Waals surface area contributed by atoms with Crippen LogP contribution in [0.4, 0.5) is 14.6 Å². The standard InChI is InChI=1S/C13H13F2N3/c1-3-11-12(17-7-18-13(11)16-2)8-4-9(14)6-10(15)5-8/h4-7H,3H2,1-2H3,(H,16,17,18). The van der Waals surface area contributed by atoms with Crippen molar-refractivity contribution in [1.29, 1.82) is 0 Å². The molecule has 1 heterocycles. The van der Waals surface area contributed by atoms with Crippen LogP contribution in [0.5, 0.6) is 0 Å². The van der Waals surface area contributed by atoms with Gasteiger partial charge in [0, 0.05) is 24.2 Å². The number of halogens is 2. The highest BCUT2D eigenvalue weighted by molar-refractivity contribution is 5.68. The fourth-order valence-corrected chi connectivity index (χ4v) is 1.90. The molecule has 18 heavy (non-hydrogen) atoms. The summed E-state index contributed by atoms with van der Waals surface area (Å²) in [5.74, 6) is -0.555. The van der Waals surface area contributed by atoms with Gasteiger partial charge < -0.3 is 5.32 Å². The lowest BCUT2D eigenvalue weighted by Crippen LogP contribution is -2.02. The van der Waals surface area contributed by atoms with Crippen LogP contribution in [0.3, 0.4) is 0 Å². The molecule has 94 valence electrons. The minimum Gasteiger partial charge on any atom is -0.373 e. The van der Waals surface area contributed by atoms with Crippen molar-refractivity contribution in [2.75, 3.05) is 12.4 Å². The first-order chi connectivity index (χ1) is 8.65. The van der Waals surface area contributed by atoms with E-state index in [0.717, 1.165) is 11.6 Å². The highest BCUT2D eigenvalue weighted by Crippen LogP contribution is 2.27. The first-order valence-corrected chi connectivity index (χ1v) is 5.63. The number of hydrogen-bond acceptors (Lipinski definition) is 3. The van der Waals surface area contributed by atoms with Crippen molar-refractivity contribution >= 4 is 5.82 Å². The van der Waals surface area contributed by atoms with Gasteiger partial charge in [-0.15, -0.1) is 0 Å². The van der Waals surface area contributed by atoms with Gasteiger partial charge in [0.05, 0.1) is 5.69 Å². The van der Waals surface area contributed by atoms with Crippen molar-refractivity contribution in [2.45, 2.75) is 13.3 Å². The summed E-state index contributed by atoms with van der Waals surface area (Å²) >= 11 is 0. The van der Waals surface area contributed by atoms with Crippen molar-refractivity contribution in [2.24, 2.45) is 0 Å². The van der Waals surface area contributed by atoms with Gasteiger partial charge in [0.15, 0.2) is 0 Å². The third kappa shape index (κ3) is 2.30. The molecular formula is C13H13F2N3. The van der Waals surface area contributed by atoms with Crippen molar-refractivity contribution in [3.63, 3.8) is 0 Å². The van der Waals surface area contributed by atoms with Crippen molar-refractivity contribution in [1.82, 2.24) is 9.97 Å². The third-order valence-corrected chi connectivity index (χ3v) is 2.67. The molecular weight excluding hydrogens is 236 g/mol. The zero-order valence-corrected chi connectivity index (χ0v) is 10.2. The van der Waals surface area contributed by atoms with Crippen LogP contribution in [0.2, 0.25) is 0 Å². The average Bonchev–Trinajstić information content (AvgIpc) is 2.36. The van der Waals surface area contributed by atoms with Crippen LogP contribution in [0, 0.1) is 11.6 Å². The molecule has 0 amide bonds. The summed E-state index contributed by atoms with van der Waals surface area (Å²) in [6.45, 7) is 1.94. The molecule has 0 spiro atoms. The second-order valence-corrected chi connectivity index (χ2v) is 3.81. The topological polar surface area (TPSA) is 37.8 Å². The molecule has 0 aliphatic rings. The second kappa shape index (κ2) is 5.08. The minimum atomic E-state index is -0.614. The van der Waals surface area contributed by atoms with Gasteiger partial charge in [-0.3, -0.25) is 0 Å². The molecule has 0 aliphatic heterocycles. The number of nitrogens with zero attached hydrogens (tertiary/aromatic N) is 2. The van der Waals surface area contributed by atoms with Crippen LogP contribution in [0.15, 0.2) is 24.5 Å². The molecule has 1 aromatic heterocycles. The van der Waals surface area contributed by atoms with E-state index in [-0.39, 0.29) is 0 Å². The van der Waals surface area contributed by atoms with Crippen LogP contribution in [0.25, 0.3) is 11.3 Å². The molecule has 0 unspecified atom stereocenters. The Bertz CT molecular complexity index is 550. The van der Waals surface area contributed by atoms with Gasteiger partial charge in [0.25, 0.3) is 0 Å². The van der Waals surface area contributed by atoms with Gasteiger partial charge in [-0.2, -0.15) is 0 Å². The molecule has 1 N–H and O–H groups in total. The van der Waals surface area contributed by atoms with Gasteiger partial charge in [0.1, 0.15) is 23.8 Å². The van der Waals surface area contributed by atoms with Crippen LogP contribution in [-0.2, 0) is 6.42 Å². The molecule has 0 atom stereocenters. The van der Waals surface area contributed by atoms with E-state index >= 15 is 0 Å². The van der Waals surface area contributed by atoms with E-state index < -0.39 is 11.6 Å². The van der Waals surface area contributed by atoms with E-state index in [4.69, 9.17) is 0 Å². The van der Waals surface area contributed by atoms with E-state index in [9.17, 15) is 8.78 Å². The number of rotatable bonds is 3. The van der Waals surface area contributed by atoms with Gasteiger partial charge in [-0.25, -0.2) is 18.7 Å². The molecule has 3 nitrogen and oxygen atoms in total. The SMILES string of the molecule is CCc1c(NC)ncnc1-c1cc(F)cc(F)c1. The predicted octanol–water partition coefficient (Wildman–Crippen LogP) is 3.03. The molecule has 0 fully saturated rings. The Morgan fingerprint density at radius 3 is 2.33 bits per heavy atom. The first-order valence-electron chi connectivity index (χ1n) is 5.63. The zero-order chi connectivity index (χ0) is 13.1. The number of hydrogen-bond donors (Lipinski definition) is 1. The summed E-state index contributed by atoms with van der Waals surface area (Å²) in [5, 5.41) is 2.95. The fourth-order valence-electron chi connectivity index (χ4n) is 1.90. The Morgan fingerprint density at radius 1 is 1.11 bits per heavy atom. The van der Waals surface area contributed by atoms with Crippen molar-refractivity contribution in [3.8, 4) is 11.3 Å². The minimum absolute atomic E-state index is 0.420. The van der Waals surface area contributed by atoms with E-state index in [1.165, 1.54) is 18.5 Å². The number of benzene rings is 1. The summed E-state index contributed by atoms with van der Waals surface area (Å²) in [6, 6.07) is 3.38. The Hall–Kier alpha value is -2.04. The summed E-state index contributed by atoms with van der Waals surface area (Å²) in [5.41, 5.74) is 1.81. The molecule has 1 aromatic carbocycles.